The molecular weight excluding hydrogens is 1040 g/mol. The highest BCUT2D eigenvalue weighted by atomic mass is 19.4. The predicted octanol–water partition coefficient (Wildman–Crippen LogP) is 10.4. The molecule has 0 atom stereocenters. The van der Waals surface area contributed by atoms with Crippen LogP contribution in [-0.4, -0.2) is 110 Å². The lowest BCUT2D eigenvalue weighted by atomic mass is 10.0. The van der Waals surface area contributed by atoms with Crippen LogP contribution in [0.1, 0.15) is 62.1 Å². The molecule has 0 aliphatic carbocycles. The van der Waals surface area contributed by atoms with Crippen LogP contribution in [0.5, 0.6) is 17.2 Å². The summed E-state index contributed by atoms with van der Waals surface area (Å²) in [5.41, 5.74) is -4.35. The standard InChI is InChI=1S/C42H24F18O12/c43-34(44)40(55,56)37(49,50)16-67-28(61)19-1-8-23(9-2-19)70-31(64)22-7-14-26(32(65)71-24-10-3-20(4-11-24)29(62)68-17-38(51,52)41(57,58)35(45)46)27(15-22)33(66)72-25-12-5-21(6-13-25)30(63)69-18-39(53,54)42(59,60)36(47)48/h1-15,34-36H,16-18H2. The number of carbonyl (C=O) groups is 6. The molecule has 12 nitrogen and oxygen atoms in total. The van der Waals surface area contributed by atoms with Crippen molar-refractivity contribution in [2.24, 2.45) is 0 Å². The predicted molar refractivity (Wildman–Crippen MR) is 199 cm³/mol. The Hall–Kier alpha value is -7.56. The Morgan fingerprint density at radius 2 is 0.583 bits per heavy atom. The number of halogens is 18. The topological polar surface area (TPSA) is 158 Å². The van der Waals surface area contributed by atoms with Crippen molar-refractivity contribution < 1.29 is 136 Å². The summed E-state index contributed by atoms with van der Waals surface area (Å²) in [4.78, 5) is 76.5. The van der Waals surface area contributed by atoms with Crippen LogP contribution in [0.25, 0.3) is 0 Å². The lowest BCUT2D eigenvalue weighted by molar-refractivity contribution is -0.274. The van der Waals surface area contributed by atoms with Crippen LogP contribution in [0.2, 0.25) is 0 Å². The zero-order chi connectivity index (χ0) is 54.4. The molecule has 4 aromatic rings. The highest BCUT2D eigenvalue weighted by Crippen LogP contribution is 2.42. The lowest BCUT2D eigenvalue weighted by Crippen LogP contribution is -2.49. The first-order chi connectivity index (χ1) is 33.1. The minimum Gasteiger partial charge on any atom is -0.455 e. The molecule has 0 aromatic heterocycles. The van der Waals surface area contributed by atoms with E-state index in [9.17, 15) is 108 Å². The fourth-order valence-corrected chi connectivity index (χ4v) is 4.97. The second kappa shape index (κ2) is 21.8. The van der Waals surface area contributed by atoms with Crippen LogP contribution in [0.3, 0.4) is 0 Å². The normalized spacial score (nSPS) is 12.6. The van der Waals surface area contributed by atoms with Crippen molar-refractivity contribution >= 4 is 35.8 Å². The van der Waals surface area contributed by atoms with Gasteiger partial charge in [0.2, 0.25) is 0 Å². The number of esters is 6. The summed E-state index contributed by atoms with van der Waals surface area (Å²) in [5, 5.41) is 0. The van der Waals surface area contributed by atoms with E-state index in [0.29, 0.717) is 30.3 Å². The Morgan fingerprint density at radius 1 is 0.333 bits per heavy atom. The number of benzene rings is 4. The van der Waals surface area contributed by atoms with Gasteiger partial charge in [0, 0.05) is 0 Å². The molecule has 0 saturated heterocycles. The van der Waals surface area contributed by atoms with Gasteiger partial charge in [-0.2, -0.15) is 52.7 Å². The molecule has 0 heterocycles. The van der Waals surface area contributed by atoms with E-state index in [0.717, 1.165) is 60.7 Å². The van der Waals surface area contributed by atoms with E-state index in [1.807, 2.05) is 0 Å². The van der Waals surface area contributed by atoms with Gasteiger partial charge in [0.15, 0.2) is 19.8 Å². The number of rotatable bonds is 21. The molecule has 0 fully saturated rings. The van der Waals surface area contributed by atoms with E-state index in [2.05, 4.69) is 14.2 Å². The number of alkyl halides is 18. The molecule has 0 N–H and O–H groups in total. The van der Waals surface area contributed by atoms with Crippen molar-refractivity contribution in [2.45, 2.75) is 54.8 Å². The highest BCUT2D eigenvalue weighted by molar-refractivity contribution is 6.06. The van der Waals surface area contributed by atoms with Gasteiger partial charge >= 0.3 is 90.6 Å². The van der Waals surface area contributed by atoms with Crippen LogP contribution < -0.4 is 14.2 Å². The van der Waals surface area contributed by atoms with Gasteiger partial charge in [-0.25, -0.2) is 55.1 Å². The van der Waals surface area contributed by atoms with Crippen LogP contribution in [0.4, 0.5) is 79.0 Å². The SMILES string of the molecule is O=C(OCC(F)(F)C(F)(F)C(F)F)c1ccc(OC(=O)c2ccc(C(=O)Oc3ccc(C(=O)OCC(F)(F)C(F)(F)C(F)F)cc3)c(C(=O)Oc3ccc(C(=O)OCC(F)(F)C(F)(F)C(F)F)cc3)c2)cc1. The summed E-state index contributed by atoms with van der Waals surface area (Å²) >= 11 is 0. The van der Waals surface area contributed by atoms with Crippen LogP contribution in [0, 0.1) is 0 Å². The van der Waals surface area contributed by atoms with Crippen molar-refractivity contribution in [3.05, 3.63) is 124 Å². The van der Waals surface area contributed by atoms with Gasteiger partial charge in [-0.15, -0.1) is 0 Å². The monoisotopic (exact) mass is 1060 g/mol. The average Bonchev–Trinajstić information content (AvgIpc) is 3.31. The van der Waals surface area contributed by atoms with Gasteiger partial charge in [0.1, 0.15) is 17.2 Å². The maximum Gasteiger partial charge on any atom is 0.372 e. The molecular formula is C42H24F18O12. The molecule has 72 heavy (non-hydrogen) atoms. The van der Waals surface area contributed by atoms with E-state index in [1.54, 1.807) is 0 Å². The van der Waals surface area contributed by atoms with Gasteiger partial charge in [-0.1, -0.05) is 0 Å². The average molecular weight is 1060 g/mol. The summed E-state index contributed by atoms with van der Waals surface area (Å²) in [5.74, 6) is -45.5. The van der Waals surface area contributed by atoms with Gasteiger partial charge in [0.25, 0.3) is 0 Å². The zero-order valence-electron chi connectivity index (χ0n) is 34.7. The Morgan fingerprint density at radius 3 is 0.861 bits per heavy atom. The summed E-state index contributed by atoms with van der Waals surface area (Å²) in [6.45, 7) is -7.48. The number of carbonyl (C=O) groups excluding carboxylic acids is 6. The molecule has 4 aromatic carbocycles. The quantitative estimate of drug-likeness (QED) is 0.0337. The van der Waals surface area contributed by atoms with Gasteiger partial charge < -0.3 is 28.4 Å². The molecule has 0 amide bonds. The molecule has 0 aliphatic rings. The van der Waals surface area contributed by atoms with E-state index in [-0.39, 0.29) is 0 Å². The smallest absolute Gasteiger partial charge is 0.372 e. The third-order valence-corrected chi connectivity index (χ3v) is 9.04. The Labute approximate surface area is 388 Å². The van der Waals surface area contributed by atoms with E-state index in [1.165, 1.54) is 0 Å². The van der Waals surface area contributed by atoms with E-state index < -0.39 is 161 Å². The van der Waals surface area contributed by atoms with E-state index in [4.69, 9.17) is 14.2 Å². The van der Waals surface area contributed by atoms with Crippen LogP contribution >= 0.6 is 0 Å². The molecule has 30 heteroatoms. The number of ether oxygens (including phenoxy) is 6. The minimum absolute atomic E-state index is 0.476. The third kappa shape index (κ3) is 13.0. The van der Waals surface area contributed by atoms with Gasteiger partial charge in [0.05, 0.1) is 33.4 Å². The highest BCUT2D eigenvalue weighted by Gasteiger charge is 2.65. The molecule has 0 aliphatic heterocycles. The van der Waals surface area contributed by atoms with Crippen molar-refractivity contribution in [3.8, 4) is 17.2 Å². The summed E-state index contributed by atoms with van der Waals surface area (Å²) in [6, 6.07) is 11.1. The second-order valence-corrected chi connectivity index (χ2v) is 14.1. The first-order valence-electron chi connectivity index (χ1n) is 18.9. The molecule has 0 saturated carbocycles. The minimum atomic E-state index is -5.90. The fourth-order valence-electron chi connectivity index (χ4n) is 4.97. The van der Waals surface area contributed by atoms with Crippen LogP contribution in [0.15, 0.2) is 91.0 Å². The first-order valence-corrected chi connectivity index (χ1v) is 18.9. The zero-order valence-corrected chi connectivity index (χ0v) is 34.7. The van der Waals surface area contributed by atoms with Gasteiger partial charge in [-0.05, 0) is 91.0 Å². The van der Waals surface area contributed by atoms with Gasteiger partial charge in [-0.3, -0.25) is 0 Å². The van der Waals surface area contributed by atoms with Crippen LogP contribution in [-0.2, 0) is 14.2 Å². The maximum atomic E-state index is 13.6. The Balaban J connectivity index is 1.56. The molecule has 390 valence electrons. The fraction of sp³-hybridized carbons (Fsp3) is 0.286. The van der Waals surface area contributed by atoms with Crippen molar-refractivity contribution in [1.29, 1.82) is 0 Å². The third-order valence-electron chi connectivity index (χ3n) is 9.04. The van der Waals surface area contributed by atoms with E-state index >= 15 is 0 Å². The molecule has 0 unspecified atom stereocenters. The molecule has 0 bridgehead atoms. The maximum absolute atomic E-state index is 13.6. The van der Waals surface area contributed by atoms with Crippen molar-refractivity contribution in [2.75, 3.05) is 19.8 Å². The summed E-state index contributed by atoms with van der Waals surface area (Å²) < 4.78 is 262. The lowest BCUT2D eigenvalue weighted by Gasteiger charge is -2.25. The molecule has 0 spiro atoms. The van der Waals surface area contributed by atoms with Crippen molar-refractivity contribution in [3.63, 3.8) is 0 Å². The second-order valence-electron chi connectivity index (χ2n) is 14.1. The Bertz CT molecular complexity index is 2620. The molecule has 0 radical (unpaired) electrons. The molecule has 4 rings (SSSR count). The number of hydrogen-bond acceptors (Lipinski definition) is 12. The number of hydrogen-bond donors (Lipinski definition) is 0. The Kier molecular flexibility index (Phi) is 17.3. The summed E-state index contributed by atoms with van der Waals surface area (Å²) in [7, 11) is 0. The van der Waals surface area contributed by atoms with Crippen molar-refractivity contribution in [1.82, 2.24) is 0 Å². The first kappa shape index (κ1) is 57.0. The largest absolute Gasteiger partial charge is 0.455 e. The summed E-state index contributed by atoms with van der Waals surface area (Å²) in [6.07, 6.45) is -14.5.